The van der Waals surface area contributed by atoms with Gasteiger partial charge >= 0.3 is 0 Å². The zero-order chi connectivity index (χ0) is 23.4. The molecule has 4 rings (SSSR count). The zero-order valence-corrected chi connectivity index (χ0v) is 18.8. The Morgan fingerprint density at radius 1 is 1.00 bits per heavy atom. The van der Waals surface area contributed by atoms with Crippen LogP contribution in [0.4, 0.5) is 5.69 Å². The van der Waals surface area contributed by atoms with Crippen molar-refractivity contribution in [2.24, 2.45) is 0 Å². The van der Waals surface area contributed by atoms with Gasteiger partial charge in [-0.2, -0.15) is 0 Å². The molecule has 1 atom stereocenters. The molecule has 3 amide bonds. The molecule has 0 radical (unpaired) electrons. The summed E-state index contributed by atoms with van der Waals surface area (Å²) in [5.74, 6) is -0.524. The molecule has 0 spiro atoms. The fourth-order valence-electron chi connectivity index (χ4n) is 4.07. The second-order valence-electron chi connectivity index (χ2n) is 8.58. The highest BCUT2D eigenvalue weighted by Gasteiger charge is 2.44. The third kappa shape index (κ3) is 5.00. The van der Waals surface area contributed by atoms with Gasteiger partial charge in [-0.05, 0) is 40.8 Å². The second-order valence-corrected chi connectivity index (χ2v) is 8.58. The summed E-state index contributed by atoms with van der Waals surface area (Å²) in [6.07, 6.45) is 3.45. The van der Waals surface area contributed by atoms with Crippen LogP contribution in [-0.4, -0.2) is 33.6 Å². The fraction of sp³-hybridized carbons (Fsp3) is 0.259. The molecule has 1 aliphatic heterocycles. The van der Waals surface area contributed by atoms with E-state index in [1.165, 1.54) is 9.80 Å². The number of pyridine rings is 1. The topological polar surface area (TPSA) is 70.6 Å². The summed E-state index contributed by atoms with van der Waals surface area (Å²) in [7, 11) is 0. The van der Waals surface area contributed by atoms with E-state index in [2.05, 4.69) is 18.8 Å². The molecule has 1 aromatic heterocycles. The van der Waals surface area contributed by atoms with E-state index in [1.54, 1.807) is 30.6 Å². The molecule has 0 N–H and O–H groups in total. The number of nitrogens with zero attached hydrogens (tertiary/aromatic N) is 3. The van der Waals surface area contributed by atoms with Crippen LogP contribution < -0.4 is 4.90 Å². The molecule has 0 bridgehead atoms. The molecule has 6 heteroatoms. The Labute approximate surface area is 193 Å². The molecule has 6 nitrogen and oxygen atoms in total. The van der Waals surface area contributed by atoms with Gasteiger partial charge in [-0.3, -0.25) is 19.4 Å². The SMILES string of the molecule is CC(C)c1ccc(N2C(=O)CC(N(Cc3cccnc3)C(=O)Cc3ccccc3)C2=O)cc1. The molecular weight excluding hydrogens is 414 g/mol. The van der Waals surface area contributed by atoms with Crippen molar-refractivity contribution in [1.82, 2.24) is 9.88 Å². The van der Waals surface area contributed by atoms with E-state index >= 15 is 0 Å². The number of rotatable bonds is 7. The van der Waals surface area contributed by atoms with Crippen LogP contribution in [0.5, 0.6) is 0 Å². The van der Waals surface area contributed by atoms with Crippen molar-refractivity contribution >= 4 is 23.4 Å². The third-order valence-electron chi connectivity index (χ3n) is 5.91. The lowest BCUT2D eigenvalue weighted by Gasteiger charge is -2.28. The van der Waals surface area contributed by atoms with Gasteiger partial charge in [0.1, 0.15) is 6.04 Å². The van der Waals surface area contributed by atoms with Crippen molar-refractivity contribution < 1.29 is 14.4 Å². The lowest BCUT2D eigenvalue weighted by molar-refractivity contribution is -0.138. The molecule has 1 aliphatic rings. The summed E-state index contributed by atoms with van der Waals surface area (Å²) in [6.45, 7) is 4.39. The highest BCUT2D eigenvalue weighted by Crippen LogP contribution is 2.28. The summed E-state index contributed by atoms with van der Waals surface area (Å²) >= 11 is 0. The van der Waals surface area contributed by atoms with Crippen LogP contribution in [0.1, 0.15) is 42.9 Å². The first-order valence-corrected chi connectivity index (χ1v) is 11.1. The minimum atomic E-state index is -0.848. The Kier molecular flexibility index (Phi) is 6.63. The monoisotopic (exact) mass is 441 g/mol. The Morgan fingerprint density at radius 3 is 2.33 bits per heavy atom. The summed E-state index contributed by atoms with van der Waals surface area (Å²) < 4.78 is 0. The predicted octanol–water partition coefficient (Wildman–Crippen LogP) is 4.11. The minimum Gasteiger partial charge on any atom is -0.325 e. The van der Waals surface area contributed by atoms with E-state index < -0.39 is 6.04 Å². The Hall–Kier alpha value is -3.80. The van der Waals surface area contributed by atoms with Gasteiger partial charge in [0.2, 0.25) is 11.8 Å². The Balaban J connectivity index is 1.61. The maximum atomic E-state index is 13.4. The van der Waals surface area contributed by atoms with Gasteiger partial charge in [-0.25, -0.2) is 4.90 Å². The molecule has 2 heterocycles. The van der Waals surface area contributed by atoms with Crippen LogP contribution >= 0.6 is 0 Å². The maximum Gasteiger partial charge on any atom is 0.257 e. The van der Waals surface area contributed by atoms with E-state index in [4.69, 9.17) is 0 Å². The average molecular weight is 442 g/mol. The summed E-state index contributed by atoms with van der Waals surface area (Å²) in [4.78, 5) is 46.5. The minimum absolute atomic E-state index is 0.0362. The number of hydrogen-bond donors (Lipinski definition) is 0. The molecule has 1 fully saturated rings. The molecule has 33 heavy (non-hydrogen) atoms. The third-order valence-corrected chi connectivity index (χ3v) is 5.91. The number of carbonyl (C=O) groups excluding carboxylic acids is 3. The van der Waals surface area contributed by atoms with Crippen LogP contribution in [-0.2, 0) is 27.3 Å². The lowest BCUT2D eigenvalue weighted by atomic mass is 10.0. The smallest absolute Gasteiger partial charge is 0.257 e. The molecule has 2 aromatic carbocycles. The van der Waals surface area contributed by atoms with Crippen LogP contribution in [0.15, 0.2) is 79.1 Å². The number of carbonyl (C=O) groups is 3. The summed E-state index contributed by atoms with van der Waals surface area (Å²) in [5, 5.41) is 0. The van der Waals surface area contributed by atoms with Gasteiger partial charge in [0, 0.05) is 18.9 Å². The van der Waals surface area contributed by atoms with Gasteiger partial charge in [0.25, 0.3) is 5.91 Å². The van der Waals surface area contributed by atoms with E-state index in [0.717, 1.165) is 16.7 Å². The first-order chi connectivity index (χ1) is 15.9. The number of benzene rings is 2. The maximum absolute atomic E-state index is 13.4. The molecule has 0 aliphatic carbocycles. The van der Waals surface area contributed by atoms with E-state index in [9.17, 15) is 14.4 Å². The summed E-state index contributed by atoms with van der Waals surface area (Å²) in [5.41, 5.74) is 3.33. The largest absolute Gasteiger partial charge is 0.325 e. The Bertz CT molecular complexity index is 1130. The van der Waals surface area contributed by atoms with Crippen molar-refractivity contribution in [2.75, 3.05) is 4.90 Å². The Morgan fingerprint density at radius 2 is 1.70 bits per heavy atom. The average Bonchev–Trinajstić information content (AvgIpc) is 3.12. The van der Waals surface area contributed by atoms with Crippen molar-refractivity contribution in [3.05, 3.63) is 95.8 Å². The van der Waals surface area contributed by atoms with Gasteiger partial charge in [-0.15, -0.1) is 0 Å². The lowest BCUT2D eigenvalue weighted by Crippen LogP contribution is -2.45. The van der Waals surface area contributed by atoms with Crippen LogP contribution in [0.3, 0.4) is 0 Å². The highest BCUT2D eigenvalue weighted by molar-refractivity contribution is 6.23. The molecular formula is C27H27N3O3. The molecule has 3 aromatic rings. The first kappa shape index (κ1) is 22.4. The highest BCUT2D eigenvalue weighted by atomic mass is 16.2. The van der Waals surface area contributed by atoms with E-state index in [1.807, 2.05) is 48.5 Å². The number of hydrogen-bond acceptors (Lipinski definition) is 4. The normalized spacial score (nSPS) is 15.8. The van der Waals surface area contributed by atoms with Crippen LogP contribution in [0.25, 0.3) is 0 Å². The van der Waals surface area contributed by atoms with Crippen molar-refractivity contribution in [3.8, 4) is 0 Å². The second kappa shape index (κ2) is 9.77. The zero-order valence-electron chi connectivity index (χ0n) is 18.8. The van der Waals surface area contributed by atoms with Gasteiger partial charge in [-0.1, -0.05) is 62.4 Å². The predicted molar refractivity (Wildman–Crippen MR) is 126 cm³/mol. The molecule has 1 unspecified atom stereocenters. The molecule has 1 saturated heterocycles. The van der Waals surface area contributed by atoms with Gasteiger partial charge < -0.3 is 4.90 Å². The summed E-state index contributed by atoms with van der Waals surface area (Å²) in [6, 6.07) is 19.7. The number of aromatic nitrogens is 1. The molecule has 168 valence electrons. The number of amides is 3. The quantitative estimate of drug-likeness (QED) is 0.518. The van der Waals surface area contributed by atoms with Gasteiger partial charge in [0.05, 0.1) is 18.5 Å². The fourth-order valence-corrected chi connectivity index (χ4v) is 4.07. The van der Waals surface area contributed by atoms with Crippen LogP contribution in [0, 0.1) is 0 Å². The van der Waals surface area contributed by atoms with E-state index in [-0.39, 0.29) is 37.1 Å². The van der Waals surface area contributed by atoms with Crippen molar-refractivity contribution in [3.63, 3.8) is 0 Å². The number of anilines is 1. The van der Waals surface area contributed by atoms with Crippen LogP contribution in [0.2, 0.25) is 0 Å². The van der Waals surface area contributed by atoms with Crippen molar-refractivity contribution in [1.29, 1.82) is 0 Å². The van der Waals surface area contributed by atoms with Gasteiger partial charge in [0.15, 0.2) is 0 Å². The van der Waals surface area contributed by atoms with E-state index in [0.29, 0.717) is 11.6 Å². The standard InChI is InChI=1S/C27H27N3O3/c1-19(2)22-10-12-23(13-11-22)30-26(32)16-24(27(30)33)29(18-21-9-6-14-28-17-21)25(31)15-20-7-4-3-5-8-20/h3-14,17,19,24H,15-16,18H2,1-2H3. The van der Waals surface area contributed by atoms with Crippen molar-refractivity contribution in [2.45, 2.75) is 45.2 Å². The molecule has 0 saturated carbocycles. The number of imide groups is 1. The first-order valence-electron chi connectivity index (χ1n) is 11.1.